The van der Waals surface area contributed by atoms with Gasteiger partial charge in [-0.3, -0.25) is 9.40 Å². The molecule has 2 aromatic rings. The largest absolute Gasteiger partial charge is 0.462 e. The lowest BCUT2D eigenvalue weighted by molar-refractivity contribution is 0.0500. The van der Waals surface area contributed by atoms with Gasteiger partial charge in [0.25, 0.3) is 10.0 Å². The van der Waals surface area contributed by atoms with Crippen LogP contribution in [0.25, 0.3) is 0 Å². The lowest BCUT2D eigenvalue weighted by Gasteiger charge is -2.08. The molecule has 0 atom stereocenters. The first-order valence-corrected chi connectivity index (χ1v) is 9.12. The van der Waals surface area contributed by atoms with E-state index in [1.807, 2.05) is 6.92 Å². The molecule has 0 fully saturated rings. The molecular formula is C16H21N3O4S. The molecule has 0 aliphatic heterocycles. The van der Waals surface area contributed by atoms with Crippen LogP contribution in [0.1, 0.15) is 35.8 Å². The number of sulfonamides is 1. The second-order valence-corrected chi connectivity index (χ2v) is 7.08. The Kier molecular flexibility index (Phi) is 5.61. The van der Waals surface area contributed by atoms with Crippen LogP contribution in [-0.2, 0) is 21.8 Å². The van der Waals surface area contributed by atoms with Crippen LogP contribution in [0, 0.1) is 6.92 Å². The van der Waals surface area contributed by atoms with E-state index < -0.39 is 16.0 Å². The van der Waals surface area contributed by atoms with Crippen LogP contribution in [0.2, 0.25) is 0 Å². The lowest BCUT2D eigenvalue weighted by Crippen LogP contribution is -2.13. The number of unbranched alkanes of at least 4 members (excludes halogenated alkanes) is 1. The fourth-order valence-corrected chi connectivity index (χ4v) is 3.40. The zero-order chi connectivity index (χ0) is 17.7. The van der Waals surface area contributed by atoms with E-state index in [0.29, 0.717) is 23.6 Å². The molecule has 7 nitrogen and oxygen atoms in total. The average molecular weight is 351 g/mol. The SMILES string of the molecule is CCCCOC(=O)c1ccc(NS(=O)(=O)c2cn(C)nc2C)cc1. The van der Waals surface area contributed by atoms with Crippen LogP contribution in [0.3, 0.4) is 0 Å². The number of carbonyl (C=O) groups excluding carboxylic acids is 1. The maximum absolute atomic E-state index is 12.4. The van der Waals surface area contributed by atoms with Gasteiger partial charge >= 0.3 is 5.97 Å². The number of nitrogens with one attached hydrogen (secondary N) is 1. The quantitative estimate of drug-likeness (QED) is 0.611. The third-order valence-electron chi connectivity index (χ3n) is 3.36. The number of carbonyl (C=O) groups is 1. The Hall–Kier alpha value is -2.35. The Bertz CT molecular complexity index is 810. The van der Waals surface area contributed by atoms with Gasteiger partial charge in [0.1, 0.15) is 4.90 Å². The molecule has 8 heteroatoms. The Labute approximate surface area is 141 Å². The van der Waals surface area contributed by atoms with E-state index in [4.69, 9.17) is 4.74 Å². The summed E-state index contributed by atoms with van der Waals surface area (Å²) in [6, 6.07) is 6.11. The number of ether oxygens (including phenoxy) is 1. The predicted octanol–water partition coefficient (Wildman–Crippen LogP) is 2.49. The molecule has 1 N–H and O–H groups in total. The van der Waals surface area contributed by atoms with Gasteiger partial charge in [-0.2, -0.15) is 5.10 Å². The topological polar surface area (TPSA) is 90.3 Å². The van der Waals surface area contributed by atoms with Crippen molar-refractivity contribution in [3.8, 4) is 0 Å². The summed E-state index contributed by atoms with van der Waals surface area (Å²) >= 11 is 0. The van der Waals surface area contributed by atoms with E-state index in [1.54, 1.807) is 14.0 Å². The van der Waals surface area contributed by atoms with Gasteiger partial charge < -0.3 is 4.74 Å². The highest BCUT2D eigenvalue weighted by Crippen LogP contribution is 2.19. The first-order valence-electron chi connectivity index (χ1n) is 7.63. The van der Waals surface area contributed by atoms with Crippen molar-refractivity contribution in [3.63, 3.8) is 0 Å². The standard InChI is InChI=1S/C16H21N3O4S/c1-4-5-10-23-16(20)13-6-8-14(9-7-13)18-24(21,22)15-11-19(3)17-12(15)2/h6-9,11,18H,4-5,10H2,1-3H3. The normalized spacial score (nSPS) is 11.3. The van der Waals surface area contributed by atoms with Crippen LogP contribution < -0.4 is 4.72 Å². The molecule has 0 radical (unpaired) electrons. The van der Waals surface area contributed by atoms with E-state index in [1.165, 1.54) is 35.1 Å². The molecule has 24 heavy (non-hydrogen) atoms. The molecule has 0 aliphatic rings. The molecule has 1 heterocycles. The summed E-state index contributed by atoms with van der Waals surface area (Å²) < 4.78 is 33.8. The van der Waals surface area contributed by atoms with E-state index in [0.717, 1.165) is 12.8 Å². The molecule has 0 aliphatic carbocycles. The number of hydrogen-bond donors (Lipinski definition) is 1. The maximum Gasteiger partial charge on any atom is 0.338 e. The summed E-state index contributed by atoms with van der Waals surface area (Å²) in [6.07, 6.45) is 3.20. The minimum Gasteiger partial charge on any atom is -0.462 e. The molecule has 2 rings (SSSR count). The van der Waals surface area contributed by atoms with Crippen molar-refractivity contribution in [2.24, 2.45) is 7.05 Å². The van der Waals surface area contributed by atoms with Gasteiger partial charge in [-0.1, -0.05) is 13.3 Å². The van der Waals surface area contributed by atoms with E-state index in [9.17, 15) is 13.2 Å². The highest BCUT2D eigenvalue weighted by molar-refractivity contribution is 7.92. The smallest absolute Gasteiger partial charge is 0.338 e. The lowest BCUT2D eigenvalue weighted by atomic mass is 10.2. The number of benzene rings is 1. The summed E-state index contributed by atoms with van der Waals surface area (Å²) in [5.74, 6) is -0.416. The molecule has 0 spiro atoms. The van der Waals surface area contributed by atoms with Crippen LogP contribution in [0.4, 0.5) is 5.69 Å². The maximum atomic E-state index is 12.4. The molecule has 0 bridgehead atoms. The second-order valence-electron chi connectivity index (χ2n) is 5.42. The van der Waals surface area contributed by atoms with E-state index in [-0.39, 0.29) is 4.90 Å². The van der Waals surface area contributed by atoms with Crippen molar-refractivity contribution in [3.05, 3.63) is 41.7 Å². The Morgan fingerprint density at radius 2 is 1.96 bits per heavy atom. The summed E-state index contributed by atoms with van der Waals surface area (Å²) in [4.78, 5) is 11.9. The number of rotatable bonds is 7. The van der Waals surface area contributed by atoms with Crippen molar-refractivity contribution in [2.75, 3.05) is 11.3 Å². The van der Waals surface area contributed by atoms with Gasteiger partial charge in [0.2, 0.25) is 0 Å². The van der Waals surface area contributed by atoms with E-state index >= 15 is 0 Å². The first-order chi connectivity index (χ1) is 11.3. The zero-order valence-electron chi connectivity index (χ0n) is 13.9. The minimum atomic E-state index is -3.72. The molecule has 0 unspecified atom stereocenters. The van der Waals surface area contributed by atoms with Crippen molar-refractivity contribution in [1.29, 1.82) is 0 Å². The molecule has 130 valence electrons. The monoisotopic (exact) mass is 351 g/mol. The summed E-state index contributed by atoms with van der Waals surface area (Å²) in [5.41, 5.74) is 1.16. The van der Waals surface area contributed by atoms with Gasteiger partial charge in [-0.25, -0.2) is 13.2 Å². The number of anilines is 1. The van der Waals surface area contributed by atoms with Crippen molar-refractivity contribution < 1.29 is 17.9 Å². The highest BCUT2D eigenvalue weighted by Gasteiger charge is 2.20. The van der Waals surface area contributed by atoms with Gasteiger partial charge in [0.05, 0.1) is 17.9 Å². The fraction of sp³-hybridized carbons (Fsp3) is 0.375. The minimum absolute atomic E-state index is 0.119. The third kappa shape index (κ3) is 4.35. The summed E-state index contributed by atoms with van der Waals surface area (Å²) in [6.45, 7) is 4.02. The Morgan fingerprint density at radius 1 is 1.29 bits per heavy atom. The molecule has 0 amide bonds. The van der Waals surface area contributed by atoms with Crippen LogP contribution >= 0.6 is 0 Å². The summed E-state index contributed by atoms with van der Waals surface area (Å²) in [5, 5.41) is 4.03. The Morgan fingerprint density at radius 3 is 2.50 bits per heavy atom. The highest BCUT2D eigenvalue weighted by atomic mass is 32.2. The van der Waals surface area contributed by atoms with Gasteiger partial charge in [-0.05, 0) is 37.6 Å². The molecular weight excluding hydrogens is 330 g/mol. The van der Waals surface area contributed by atoms with Crippen LogP contribution in [0.15, 0.2) is 35.4 Å². The van der Waals surface area contributed by atoms with Gasteiger partial charge in [0, 0.05) is 18.9 Å². The molecule has 0 saturated carbocycles. The van der Waals surface area contributed by atoms with Crippen molar-refractivity contribution >= 4 is 21.7 Å². The summed E-state index contributed by atoms with van der Waals surface area (Å²) in [7, 11) is -2.07. The number of esters is 1. The molecule has 1 aromatic carbocycles. The number of nitrogens with zero attached hydrogens (tertiary/aromatic N) is 2. The predicted molar refractivity (Wildman–Crippen MR) is 90.4 cm³/mol. The zero-order valence-corrected chi connectivity index (χ0v) is 14.8. The van der Waals surface area contributed by atoms with Crippen molar-refractivity contribution in [2.45, 2.75) is 31.6 Å². The number of aromatic nitrogens is 2. The van der Waals surface area contributed by atoms with Crippen LogP contribution in [0.5, 0.6) is 0 Å². The van der Waals surface area contributed by atoms with Crippen LogP contribution in [-0.4, -0.2) is 30.8 Å². The third-order valence-corrected chi connectivity index (χ3v) is 4.85. The second kappa shape index (κ2) is 7.48. The first kappa shape index (κ1) is 18.0. The average Bonchev–Trinajstić information content (AvgIpc) is 2.87. The fourth-order valence-electron chi connectivity index (χ4n) is 2.12. The molecule has 1 aromatic heterocycles. The number of aryl methyl sites for hydroxylation is 2. The van der Waals surface area contributed by atoms with E-state index in [2.05, 4.69) is 9.82 Å². The van der Waals surface area contributed by atoms with Gasteiger partial charge in [-0.15, -0.1) is 0 Å². The molecule has 0 saturated heterocycles. The number of hydrogen-bond acceptors (Lipinski definition) is 5. The van der Waals surface area contributed by atoms with Crippen molar-refractivity contribution in [1.82, 2.24) is 9.78 Å². The Balaban J connectivity index is 2.08. The van der Waals surface area contributed by atoms with Gasteiger partial charge in [0.15, 0.2) is 0 Å².